The van der Waals surface area contributed by atoms with Crippen molar-refractivity contribution in [3.05, 3.63) is 30.3 Å². The van der Waals surface area contributed by atoms with E-state index in [1.54, 1.807) is 20.8 Å². The summed E-state index contributed by atoms with van der Waals surface area (Å²) in [6.45, 7) is 5.28. The highest BCUT2D eigenvalue weighted by Crippen LogP contribution is 2.16. The van der Waals surface area contributed by atoms with Gasteiger partial charge in [-0.05, 0) is 32.9 Å². The predicted octanol–water partition coefficient (Wildman–Crippen LogP) is 2.24. The quantitative estimate of drug-likeness (QED) is 0.664. The van der Waals surface area contributed by atoms with E-state index in [0.29, 0.717) is 0 Å². The van der Waals surface area contributed by atoms with Crippen LogP contribution in [0, 0.1) is 0 Å². The van der Waals surface area contributed by atoms with Crippen LogP contribution in [0.5, 0.6) is 0 Å². The van der Waals surface area contributed by atoms with Gasteiger partial charge in [-0.3, -0.25) is 9.59 Å². The third-order valence-electron chi connectivity index (χ3n) is 1.96. The maximum absolute atomic E-state index is 11.5. The molecule has 1 aromatic rings. The van der Waals surface area contributed by atoms with Gasteiger partial charge in [0, 0.05) is 4.90 Å². The average Bonchev–Trinajstić information content (AvgIpc) is 2.33. The van der Waals surface area contributed by atoms with Gasteiger partial charge in [0.05, 0.1) is 5.75 Å². The van der Waals surface area contributed by atoms with E-state index in [4.69, 9.17) is 4.74 Å². The monoisotopic (exact) mass is 281 g/mol. The lowest BCUT2D eigenvalue weighted by Gasteiger charge is -2.19. The van der Waals surface area contributed by atoms with E-state index < -0.39 is 11.6 Å². The number of esters is 1. The highest BCUT2D eigenvalue weighted by Gasteiger charge is 2.16. The molecule has 1 N–H and O–H groups in total. The van der Waals surface area contributed by atoms with Crippen molar-refractivity contribution < 1.29 is 14.3 Å². The fourth-order valence-electron chi connectivity index (χ4n) is 1.26. The Morgan fingerprint density at radius 2 is 1.84 bits per heavy atom. The number of thioether (sulfide) groups is 1. The lowest BCUT2D eigenvalue weighted by Crippen LogP contribution is -2.35. The van der Waals surface area contributed by atoms with Crippen LogP contribution in [0.4, 0.5) is 0 Å². The molecule has 0 bridgehead atoms. The molecule has 0 aromatic heterocycles. The van der Waals surface area contributed by atoms with E-state index >= 15 is 0 Å². The van der Waals surface area contributed by atoms with Gasteiger partial charge in [-0.15, -0.1) is 11.8 Å². The number of benzene rings is 1. The van der Waals surface area contributed by atoms with Crippen LogP contribution in [0.2, 0.25) is 0 Å². The second-order valence-corrected chi connectivity index (χ2v) is 6.01. The summed E-state index contributed by atoms with van der Waals surface area (Å²) in [5.41, 5.74) is -0.527. The number of ether oxygens (including phenoxy) is 1. The maximum atomic E-state index is 11.5. The summed E-state index contributed by atoms with van der Waals surface area (Å²) in [5, 5.41) is 2.54. The minimum absolute atomic E-state index is 0.0918. The van der Waals surface area contributed by atoms with Gasteiger partial charge in [-0.1, -0.05) is 18.2 Å². The van der Waals surface area contributed by atoms with Crippen LogP contribution in [-0.4, -0.2) is 29.8 Å². The van der Waals surface area contributed by atoms with Crippen molar-refractivity contribution in [2.24, 2.45) is 0 Å². The van der Waals surface area contributed by atoms with E-state index in [-0.39, 0.29) is 18.2 Å². The largest absolute Gasteiger partial charge is 0.459 e. The molecule has 1 aromatic carbocycles. The minimum Gasteiger partial charge on any atom is -0.459 e. The number of carbonyl (C=O) groups is 2. The first-order chi connectivity index (χ1) is 8.87. The number of amides is 1. The predicted molar refractivity (Wildman–Crippen MR) is 76.0 cm³/mol. The molecule has 0 heterocycles. The zero-order chi connectivity index (χ0) is 14.3. The smallest absolute Gasteiger partial charge is 0.325 e. The Balaban J connectivity index is 2.23. The molecule has 0 saturated carbocycles. The van der Waals surface area contributed by atoms with Crippen LogP contribution in [0.15, 0.2) is 35.2 Å². The Morgan fingerprint density at radius 3 is 2.42 bits per heavy atom. The number of hydrogen-bond acceptors (Lipinski definition) is 4. The molecule has 0 saturated heterocycles. The standard InChI is InChI=1S/C14H19NO3S/c1-14(2,3)18-13(17)9-15-12(16)10-19-11-7-5-4-6-8-11/h4-8H,9-10H2,1-3H3,(H,15,16). The van der Waals surface area contributed by atoms with Gasteiger partial charge < -0.3 is 10.1 Å². The molecule has 0 aliphatic heterocycles. The first-order valence-corrected chi connectivity index (χ1v) is 7.02. The van der Waals surface area contributed by atoms with Gasteiger partial charge in [0.25, 0.3) is 0 Å². The molecule has 1 rings (SSSR count). The molecule has 4 nitrogen and oxygen atoms in total. The first-order valence-electron chi connectivity index (χ1n) is 6.03. The number of hydrogen-bond donors (Lipinski definition) is 1. The summed E-state index contributed by atoms with van der Waals surface area (Å²) in [7, 11) is 0. The summed E-state index contributed by atoms with van der Waals surface area (Å²) in [6.07, 6.45) is 0. The Morgan fingerprint density at radius 1 is 1.21 bits per heavy atom. The molecule has 0 aliphatic carbocycles. The number of nitrogens with one attached hydrogen (secondary N) is 1. The van der Waals surface area contributed by atoms with Crippen LogP contribution in [-0.2, 0) is 14.3 Å². The molecule has 0 aliphatic rings. The second kappa shape index (κ2) is 7.19. The Labute approximate surface area is 117 Å². The van der Waals surface area contributed by atoms with Crippen LogP contribution in [0.1, 0.15) is 20.8 Å². The summed E-state index contributed by atoms with van der Waals surface area (Å²) in [5.74, 6) is -0.322. The maximum Gasteiger partial charge on any atom is 0.325 e. The molecule has 5 heteroatoms. The summed E-state index contributed by atoms with van der Waals surface area (Å²) < 4.78 is 5.09. The van der Waals surface area contributed by atoms with Crippen molar-refractivity contribution in [3.8, 4) is 0 Å². The van der Waals surface area contributed by atoms with E-state index in [1.807, 2.05) is 30.3 Å². The summed E-state index contributed by atoms with van der Waals surface area (Å²) >= 11 is 1.43. The average molecular weight is 281 g/mol. The molecule has 104 valence electrons. The number of carbonyl (C=O) groups excluding carboxylic acids is 2. The zero-order valence-corrected chi connectivity index (χ0v) is 12.3. The molecular formula is C14H19NO3S. The summed E-state index contributed by atoms with van der Waals surface area (Å²) in [6, 6.07) is 9.63. The Hall–Kier alpha value is -1.49. The fourth-order valence-corrected chi connectivity index (χ4v) is 2.01. The van der Waals surface area contributed by atoms with Crippen LogP contribution >= 0.6 is 11.8 Å². The zero-order valence-electron chi connectivity index (χ0n) is 11.4. The minimum atomic E-state index is -0.527. The summed E-state index contributed by atoms with van der Waals surface area (Å²) in [4.78, 5) is 24.0. The lowest BCUT2D eigenvalue weighted by atomic mass is 10.2. The van der Waals surface area contributed by atoms with Gasteiger partial charge in [-0.25, -0.2) is 0 Å². The molecule has 19 heavy (non-hydrogen) atoms. The highest BCUT2D eigenvalue weighted by atomic mass is 32.2. The van der Waals surface area contributed by atoms with Gasteiger partial charge in [-0.2, -0.15) is 0 Å². The van der Waals surface area contributed by atoms with E-state index in [2.05, 4.69) is 5.32 Å². The first kappa shape index (κ1) is 15.6. The van der Waals surface area contributed by atoms with E-state index in [0.717, 1.165) is 4.90 Å². The molecule has 0 atom stereocenters. The molecule has 1 amide bonds. The van der Waals surface area contributed by atoms with Crippen LogP contribution in [0.25, 0.3) is 0 Å². The van der Waals surface area contributed by atoms with Crippen LogP contribution < -0.4 is 5.32 Å². The van der Waals surface area contributed by atoms with Crippen LogP contribution in [0.3, 0.4) is 0 Å². The topological polar surface area (TPSA) is 55.4 Å². The van der Waals surface area contributed by atoms with Gasteiger partial charge in [0.15, 0.2) is 0 Å². The van der Waals surface area contributed by atoms with Crippen molar-refractivity contribution in [2.45, 2.75) is 31.3 Å². The van der Waals surface area contributed by atoms with Crippen molar-refractivity contribution >= 4 is 23.6 Å². The Bertz CT molecular complexity index is 426. The molecule has 0 unspecified atom stereocenters. The SMILES string of the molecule is CC(C)(C)OC(=O)CNC(=O)CSc1ccccc1. The van der Waals surface area contributed by atoms with Crippen molar-refractivity contribution in [2.75, 3.05) is 12.3 Å². The van der Waals surface area contributed by atoms with Gasteiger partial charge >= 0.3 is 5.97 Å². The molecule has 0 radical (unpaired) electrons. The second-order valence-electron chi connectivity index (χ2n) is 4.96. The highest BCUT2D eigenvalue weighted by molar-refractivity contribution is 8.00. The lowest BCUT2D eigenvalue weighted by molar-refractivity contribution is -0.154. The third-order valence-corrected chi connectivity index (χ3v) is 2.98. The van der Waals surface area contributed by atoms with Gasteiger partial charge in [0.2, 0.25) is 5.91 Å². The van der Waals surface area contributed by atoms with Crippen molar-refractivity contribution in [1.82, 2.24) is 5.32 Å². The normalized spacial score (nSPS) is 10.9. The molecule has 0 fully saturated rings. The van der Waals surface area contributed by atoms with E-state index in [9.17, 15) is 9.59 Å². The number of rotatable bonds is 5. The molecular weight excluding hydrogens is 262 g/mol. The van der Waals surface area contributed by atoms with Gasteiger partial charge in [0.1, 0.15) is 12.1 Å². The van der Waals surface area contributed by atoms with E-state index in [1.165, 1.54) is 11.8 Å². The fraction of sp³-hybridized carbons (Fsp3) is 0.429. The molecule has 0 spiro atoms. The van der Waals surface area contributed by atoms with Crippen molar-refractivity contribution in [1.29, 1.82) is 0 Å². The van der Waals surface area contributed by atoms with Crippen molar-refractivity contribution in [3.63, 3.8) is 0 Å². The Kier molecular flexibility index (Phi) is 5.89. The third kappa shape index (κ3) is 7.51.